The first kappa shape index (κ1) is 18.5. The van der Waals surface area contributed by atoms with Gasteiger partial charge in [-0.1, -0.05) is 32.5 Å². The van der Waals surface area contributed by atoms with Crippen LogP contribution in [0.25, 0.3) is 10.7 Å². The summed E-state index contributed by atoms with van der Waals surface area (Å²) >= 11 is 3.18. The number of hydrogen-bond acceptors (Lipinski definition) is 5. The first-order chi connectivity index (χ1) is 11.7. The fourth-order valence-electron chi connectivity index (χ4n) is 3.22. The van der Waals surface area contributed by atoms with E-state index in [1.807, 2.05) is 23.0 Å². The summed E-state index contributed by atoms with van der Waals surface area (Å²) in [4.78, 5) is 13.9. The highest BCUT2D eigenvalue weighted by Gasteiger charge is 2.30. The minimum absolute atomic E-state index is 0.320. The van der Waals surface area contributed by atoms with E-state index in [0.29, 0.717) is 5.41 Å². The fourth-order valence-corrected chi connectivity index (χ4v) is 5.22. The van der Waals surface area contributed by atoms with E-state index in [9.17, 15) is 4.79 Å². The molecule has 0 saturated carbocycles. The third-order valence-corrected chi connectivity index (χ3v) is 7.43. The molecule has 2 heterocycles. The van der Waals surface area contributed by atoms with Crippen LogP contribution in [0.15, 0.2) is 11.2 Å². The summed E-state index contributed by atoms with van der Waals surface area (Å²) in [6.07, 6.45) is 3.56. The molecule has 1 amide bonds. The van der Waals surface area contributed by atoms with Gasteiger partial charge in [-0.2, -0.15) is 0 Å². The standard InChI is InChI=1S/C18H26N4OS2/c1-10(15(19)23)24-17-21-20-16(22(17)5)14-9-11-8-12(18(2,3)4)6-7-13(11)25-14/h9-10,12H,6-8H2,1-5H3,(H2,19,23). The molecule has 2 aromatic heterocycles. The Morgan fingerprint density at radius 1 is 1.44 bits per heavy atom. The van der Waals surface area contributed by atoms with E-state index in [2.05, 4.69) is 37.0 Å². The number of hydrogen-bond donors (Lipinski definition) is 1. The number of amides is 1. The monoisotopic (exact) mass is 378 g/mol. The van der Waals surface area contributed by atoms with E-state index < -0.39 is 0 Å². The minimum Gasteiger partial charge on any atom is -0.369 e. The molecular formula is C18H26N4OS2. The summed E-state index contributed by atoms with van der Waals surface area (Å²) < 4.78 is 1.96. The van der Waals surface area contributed by atoms with Crippen molar-refractivity contribution in [3.05, 3.63) is 16.5 Å². The highest BCUT2D eigenvalue weighted by atomic mass is 32.2. The SMILES string of the molecule is CC(Sc1nnc(-c2cc3c(s2)CCC(C(C)(C)C)C3)n1C)C(N)=O. The van der Waals surface area contributed by atoms with Crippen LogP contribution in [0.3, 0.4) is 0 Å². The van der Waals surface area contributed by atoms with Crippen molar-refractivity contribution in [2.45, 2.75) is 57.4 Å². The number of nitrogens with zero attached hydrogens (tertiary/aromatic N) is 3. The molecule has 0 aliphatic heterocycles. The smallest absolute Gasteiger partial charge is 0.230 e. The van der Waals surface area contributed by atoms with Gasteiger partial charge in [0.2, 0.25) is 5.91 Å². The van der Waals surface area contributed by atoms with E-state index >= 15 is 0 Å². The van der Waals surface area contributed by atoms with Gasteiger partial charge in [-0.25, -0.2) is 0 Å². The second-order valence-corrected chi connectivity index (χ2v) is 10.3. The van der Waals surface area contributed by atoms with Gasteiger partial charge in [-0.05, 0) is 49.1 Å². The summed E-state index contributed by atoms with van der Waals surface area (Å²) in [6, 6.07) is 2.29. The van der Waals surface area contributed by atoms with Crippen LogP contribution in [0, 0.1) is 11.3 Å². The van der Waals surface area contributed by atoms with Crippen LogP contribution in [0.2, 0.25) is 0 Å². The highest BCUT2D eigenvalue weighted by Crippen LogP contribution is 2.42. The van der Waals surface area contributed by atoms with E-state index in [0.717, 1.165) is 34.6 Å². The fraction of sp³-hybridized carbons (Fsp3) is 0.611. The average Bonchev–Trinajstić information content (AvgIpc) is 3.09. The van der Waals surface area contributed by atoms with Crippen molar-refractivity contribution in [3.8, 4) is 10.7 Å². The van der Waals surface area contributed by atoms with Crippen molar-refractivity contribution >= 4 is 29.0 Å². The summed E-state index contributed by atoms with van der Waals surface area (Å²) in [5.74, 6) is 1.25. The van der Waals surface area contributed by atoms with Gasteiger partial charge < -0.3 is 10.3 Å². The molecule has 1 aliphatic carbocycles. The lowest BCUT2D eigenvalue weighted by Gasteiger charge is -2.33. The van der Waals surface area contributed by atoms with Gasteiger partial charge >= 0.3 is 0 Å². The number of rotatable bonds is 4. The van der Waals surface area contributed by atoms with Crippen LogP contribution in [-0.4, -0.2) is 25.9 Å². The molecule has 25 heavy (non-hydrogen) atoms. The highest BCUT2D eigenvalue weighted by molar-refractivity contribution is 8.00. The summed E-state index contributed by atoms with van der Waals surface area (Å²) in [5, 5.41) is 9.01. The van der Waals surface area contributed by atoms with Crippen LogP contribution < -0.4 is 5.73 Å². The van der Waals surface area contributed by atoms with Crippen LogP contribution >= 0.6 is 23.1 Å². The van der Waals surface area contributed by atoms with Crippen LogP contribution in [0.4, 0.5) is 0 Å². The molecule has 0 bridgehead atoms. The van der Waals surface area contributed by atoms with Gasteiger partial charge in [0.1, 0.15) is 0 Å². The number of aromatic nitrogens is 3. The maximum Gasteiger partial charge on any atom is 0.230 e. The molecule has 7 heteroatoms. The zero-order chi connectivity index (χ0) is 18.4. The Balaban J connectivity index is 1.84. The lowest BCUT2D eigenvalue weighted by molar-refractivity contribution is -0.117. The zero-order valence-corrected chi connectivity index (χ0v) is 17.1. The first-order valence-electron chi connectivity index (χ1n) is 8.64. The molecule has 0 spiro atoms. The van der Waals surface area contributed by atoms with Crippen molar-refractivity contribution in [1.82, 2.24) is 14.8 Å². The molecule has 136 valence electrons. The van der Waals surface area contributed by atoms with Gasteiger partial charge in [0.25, 0.3) is 0 Å². The quantitative estimate of drug-likeness (QED) is 0.824. The molecule has 2 aromatic rings. The number of aryl methyl sites for hydroxylation is 1. The van der Waals surface area contributed by atoms with Crippen molar-refractivity contribution in [2.24, 2.45) is 24.1 Å². The lowest BCUT2D eigenvalue weighted by Crippen LogP contribution is -2.26. The Morgan fingerprint density at radius 3 is 2.80 bits per heavy atom. The molecule has 2 N–H and O–H groups in total. The Hall–Kier alpha value is -1.34. The predicted octanol–water partition coefficient (Wildman–Crippen LogP) is 3.66. The molecule has 0 saturated heterocycles. The lowest BCUT2D eigenvalue weighted by atomic mass is 9.72. The van der Waals surface area contributed by atoms with Crippen LogP contribution in [-0.2, 0) is 24.7 Å². The normalized spacial score (nSPS) is 18.8. The number of carbonyl (C=O) groups excluding carboxylic acids is 1. The van der Waals surface area contributed by atoms with E-state index in [-0.39, 0.29) is 11.2 Å². The Bertz CT molecular complexity index is 788. The van der Waals surface area contributed by atoms with E-state index in [1.54, 1.807) is 6.92 Å². The zero-order valence-electron chi connectivity index (χ0n) is 15.5. The predicted molar refractivity (Wildman–Crippen MR) is 104 cm³/mol. The van der Waals surface area contributed by atoms with Gasteiger partial charge in [0, 0.05) is 11.9 Å². The van der Waals surface area contributed by atoms with Crippen molar-refractivity contribution in [3.63, 3.8) is 0 Å². The van der Waals surface area contributed by atoms with Crippen LogP contribution in [0.1, 0.15) is 44.6 Å². The topological polar surface area (TPSA) is 73.8 Å². The van der Waals surface area contributed by atoms with Gasteiger partial charge in [-0.3, -0.25) is 4.79 Å². The van der Waals surface area contributed by atoms with E-state index in [4.69, 9.17) is 5.73 Å². The maximum atomic E-state index is 11.3. The second kappa shape index (κ2) is 6.76. The molecule has 0 fully saturated rings. The first-order valence-corrected chi connectivity index (χ1v) is 10.3. The molecule has 0 radical (unpaired) electrons. The summed E-state index contributed by atoms with van der Waals surface area (Å²) in [5.41, 5.74) is 7.16. The van der Waals surface area contributed by atoms with Crippen molar-refractivity contribution in [1.29, 1.82) is 0 Å². The number of fused-ring (bicyclic) bond motifs is 1. The Labute approximate surface area is 157 Å². The third-order valence-electron chi connectivity index (χ3n) is 5.05. The summed E-state index contributed by atoms with van der Waals surface area (Å²) in [6.45, 7) is 8.80. The molecule has 1 aliphatic rings. The second-order valence-electron chi connectivity index (χ2n) is 7.89. The van der Waals surface area contributed by atoms with Gasteiger partial charge in [0.15, 0.2) is 11.0 Å². The molecule has 3 rings (SSSR count). The van der Waals surface area contributed by atoms with Crippen LogP contribution in [0.5, 0.6) is 0 Å². The van der Waals surface area contributed by atoms with Crippen molar-refractivity contribution < 1.29 is 4.79 Å². The molecular weight excluding hydrogens is 352 g/mol. The van der Waals surface area contributed by atoms with E-state index in [1.165, 1.54) is 28.6 Å². The number of thiophene rings is 1. The Morgan fingerprint density at radius 2 is 2.16 bits per heavy atom. The average molecular weight is 379 g/mol. The number of thioether (sulfide) groups is 1. The number of nitrogens with two attached hydrogens (primary N) is 1. The van der Waals surface area contributed by atoms with Crippen molar-refractivity contribution in [2.75, 3.05) is 0 Å². The van der Waals surface area contributed by atoms with Gasteiger partial charge in [-0.15, -0.1) is 21.5 Å². The largest absolute Gasteiger partial charge is 0.369 e. The molecule has 0 aromatic carbocycles. The molecule has 5 nitrogen and oxygen atoms in total. The summed E-state index contributed by atoms with van der Waals surface area (Å²) in [7, 11) is 1.95. The number of primary amides is 1. The molecule has 2 atom stereocenters. The Kier molecular flexibility index (Phi) is 4.99. The maximum absolute atomic E-state index is 11.3. The minimum atomic E-state index is -0.339. The third kappa shape index (κ3) is 3.77. The van der Waals surface area contributed by atoms with Gasteiger partial charge in [0.05, 0.1) is 10.1 Å². The number of carbonyl (C=O) groups is 1. The molecule has 2 unspecified atom stereocenters.